The average molecular weight is 302 g/mol. The van der Waals surface area contributed by atoms with E-state index in [0.29, 0.717) is 18.0 Å². The fourth-order valence-electron chi connectivity index (χ4n) is 2.20. The molecule has 2 rings (SSSR count). The molecule has 1 heterocycles. The average Bonchev–Trinajstić information content (AvgIpc) is 2.67. The summed E-state index contributed by atoms with van der Waals surface area (Å²) in [5.41, 5.74) is 0.858. The van der Waals surface area contributed by atoms with Crippen LogP contribution in [0.25, 0.3) is 0 Å². The Morgan fingerprint density at radius 3 is 2.74 bits per heavy atom. The molecule has 0 bridgehead atoms. The van der Waals surface area contributed by atoms with Crippen molar-refractivity contribution in [3.8, 4) is 0 Å². The van der Waals surface area contributed by atoms with Gasteiger partial charge in [-0.05, 0) is 24.0 Å². The molecule has 1 aliphatic rings. The van der Waals surface area contributed by atoms with Crippen molar-refractivity contribution >= 4 is 27.3 Å². The lowest BCUT2D eigenvalue weighted by molar-refractivity contribution is -0.122. The quantitative estimate of drug-likeness (QED) is 0.922. The van der Waals surface area contributed by atoms with Crippen molar-refractivity contribution in [3.63, 3.8) is 0 Å². The van der Waals surface area contributed by atoms with Gasteiger partial charge in [0.15, 0.2) is 9.84 Å². The van der Waals surface area contributed by atoms with E-state index in [1.807, 2.05) is 18.2 Å². The molecular formula is C13H16ClNO3S. The van der Waals surface area contributed by atoms with Crippen LogP contribution >= 0.6 is 11.6 Å². The van der Waals surface area contributed by atoms with E-state index in [1.54, 1.807) is 6.07 Å². The third-order valence-corrected chi connectivity index (χ3v) is 5.44. The van der Waals surface area contributed by atoms with Crippen molar-refractivity contribution in [3.05, 3.63) is 34.9 Å². The largest absolute Gasteiger partial charge is 0.352 e. The Bertz CT molecular complexity index is 571. The van der Waals surface area contributed by atoms with Crippen molar-refractivity contribution in [1.29, 1.82) is 0 Å². The number of amides is 1. The van der Waals surface area contributed by atoms with Gasteiger partial charge < -0.3 is 5.32 Å². The zero-order valence-electron chi connectivity index (χ0n) is 10.4. The molecule has 6 heteroatoms. The maximum atomic E-state index is 11.7. The zero-order valence-corrected chi connectivity index (χ0v) is 12.0. The number of carbonyl (C=O) groups excluding carboxylic acids is 1. The van der Waals surface area contributed by atoms with E-state index in [2.05, 4.69) is 5.32 Å². The van der Waals surface area contributed by atoms with Crippen LogP contribution in [0.5, 0.6) is 0 Å². The maximum absolute atomic E-state index is 11.7. The van der Waals surface area contributed by atoms with Gasteiger partial charge in [0.05, 0.1) is 11.5 Å². The highest BCUT2D eigenvalue weighted by Crippen LogP contribution is 2.21. The van der Waals surface area contributed by atoms with Gasteiger partial charge in [0, 0.05) is 18.0 Å². The molecule has 1 aliphatic heterocycles. The first-order valence-corrected chi connectivity index (χ1v) is 8.37. The SMILES string of the molecule is O=C(C[C@@H]1CCS(=O)(=O)C1)NCc1ccccc1Cl. The van der Waals surface area contributed by atoms with Crippen molar-refractivity contribution in [2.45, 2.75) is 19.4 Å². The molecule has 0 aliphatic carbocycles. The minimum absolute atomic E-state index is 0.0451. The van der Waals surface area contributed by atoms with Crippen LogP contribution in [0.3, 0.4) is 0 Å². The molecule has 1 aromatic carbocycles. The van der Waals surface area contributed by atoms with E-state index in [0.717, 1.165) is 5.56 Å². The van der Waals surface area contributed by atoms with Crippen LogP contribution in [0, 0.1) is 5.92 Å². The normalized spacial score (nSPS) is 21.2. The van der Waals surface area contributed by atoms with Crippen LogP contribution in [0.4, 0.5) is 0 Å². The zero-order chi connectivity index (χ0) is 13.9. The van der Waals surface area contributed by atoms with Crippen molar-refractivity contribution < 1.29 is 13.2 Å². The molecule has 0 unspecified atom stereocenters. The van der Waals surface area contributed by atoms with Crippen LogP contribution in [0.1, 0.15) is 18.4 Å². The third kappa shape index (κ3) is 4.21. The van der Waals surface area contributed by atoms with Crippen LogP contribution in [-0.2, 0) is 21.2 Å². The van der Waals surface area contributed by atoms with Gasteiger partial charge in [0.1, 0.15) is 0 Å². The molecule has 1 N–H and O–H groups in total. The molecule has 0 saturated carbocycles. The second-order valence-electron chi connectivity index (χ2n) is 4.84. The predicted molar refractivity (Wildman–Crippen MR) is 74.7 cm³/mol. The summed E-state index contributed by atoms with van der Waals surface area (Å²) in [5.74, 6) is 0.167. The number of halogens is 1. The van der Waals surface area contributed by atoms with Gasteiger partial charge in [-0.15, -0.1) is 0 Å². The molecule has 1 atom stereocenters. The monoisotopic (exact) mass is 301 g/mol. The fourth-order valence-corrected chi connectivity index (χ4v) is 4.27. The first kappa shape index (κ1) is 14.3. The number of hydrogen-bond acceptors (Lipinski definition) is 3. The minimum atomic E-state index is -2.92. The molecule has 19 heavy (non-hydrogen) atoms. The van der Waals surface area contributed by atoms with Crippen molar-refractivity contribution in [2.24, 2.45) is 5.92 Å². The molecule has 0 radical (unpaired) electrons. The molecule has 1 aromatic rings. The number of carbonyl (C=O) groups is 1. The second kappa shape index (κ2) is 5.92. The Morgan fingerprint density at radius 2 is 2.11 bits per heavy atom. The van der Waals surface area contributed by atoms with Gasteiger partial charge >= 0.3 is 0 Å². The fraction of sp³-hybridized carbons (Fsp3) is 0.462. The summed E-state index contributed by atoms with van der Waals surface area (Å²) >= 11 is 5.98. The molecular weight excluding hydrogens is 286 g/mol. The Labute approximate surface area is 118 Å². The summed E-state index contributed by atoms with van der Waals surface area (Å²) in [6.07, 6.45) is 0.853. The smallest absolute Gasteiger partial charge is 0.220 e. The van der Waals surface area contributed by atoms with E-state index >= 15 is 0 Å². The van der Waals surface area contributed by atoms with E-state index in [-0.39, 0.29) is 29.8 Å². The lowest BCUT2D eigenvalue weighted by Crippen LogP contribution is -2.25. The third-order valence-electron chi connectivity index (χ3n) is 3.23. The number of benzene rings is 1. The van der Waals surface area contributed by atoms with Gasteiger partial charge in [-0.2, -0.15) is 0 Å². The molecule has 1 amide bonds. The van der Waals surface area contributed by atoms with Crippen LogP contribution in [0.2, 0.25) is 5.02 Å². The lowest BCUT2D eigenvalue weighted by Gasteiger charge is -2.09. The number of sulfone groups is 1. The van der Waals surface area contributed by atoms with Gasteiger partial charge in [0.2, 0.25) is 5.91 Å². The van der Waals surface area contributed by atoms with Crippen molar-refractivity contribution in [2.75, 3.05) is 11.5 Å². The summed E-state index contributed by atoms with van der Waals surface area (Å²) in [4.78, 5) is 11.7. The molecule has 4 nitrogen and oxygen atoms in total. The highest BCUT2D eigenvalue weighted by Gasteiger charge is 2.29. The van der Waals surface area contributed by atoms with Gasteiger partial charge in [-0.3, -0.25) is 4.79 Å². The highest BCUT2D eigenvalue weighted by molar-refractivity contribution is 7.91. The standard InChI is InChI=1S/C13H16ClNO3S/c14-12-4-2-1-3-11(12)8-15-13(16)7-10-5-6-19(17,18)9-10/h1-4,10H,5-9H2,(H,15,16)/t10-/m0/s1. The summed E-state index contributed by atoms with van der Waals surface area (Å²) in [6, 6.07) is 7.31. The number of rotatable bonds is 4. The van der Waals surface area contributed by atoms with E-state index in [4.69, 9.17) is 11.6 Å². The lowest BCUT2D eigenvalue weighted by atomic mass is 10.1. The Kier molecular flexibility index (Phi) is 4.47. The van der Waals surface area contributed by atoms with Crippen LogP contribution < -0.4 is 5.32 Å². The molecule has 1 fully saturated rings. The molecule has 0 aromatic heterocycles. The van der Waals surface area contributed by atoms with Crippen LogP contribution in [-0.4, -0.2) is 25.8 Å². The van der Waals surface area contributed by atoms with Crippen LogP contribution in [0.15, 0.2) is 24.3 Å². The van der Waals surface area contributed by atoms with Gasteiger partial charge in [-0.25, -0.2) is 8.42 Å². The van der Waals surface area contributed by atoms with E-state index in [9.17, 15) is 13.2 Å². The molecule has 0 spiro atoms. The molecule has 1 saturated heterocycles. The van der Waals surface area contributed by atoms with Crippen molar-refractivity contribution in [1.82, 2.24) is 5.32 Å². The molecule has 104 valence electrons. The second-order valence-corrected chi connectivity index (χ2v) is 7.48. The summed E-state index contributed by atoms with van der Waals surface area (Å²) < 4.78 is 22.6. The number of nitrogens with one attached hydrogen (secondary N) is 1. The first-order chi connectivity index (χ1) is 8.96. The Balaban J connectivity index is 1.81. The predicted octanol–water partition coefficient (Wildman–Crippen LogP) is 1.78. The number of hydrogen-bond donors (Lipinski definition) is 1. The topological polar surface area (TPSA) is 63.2 Å². The van der Waals surface area contributed by atoms with Gasteiger partial charge in [0.25, 0.3) is 0 Å². The van der Waals surface area contributed by atoms with E-state index in [1.165, 1.54) is 0 Å². The summed E-state index contributed by atoms with van der Waals surface area (Å²) in [5, 5.41) is 3.39. The van der Waals surface area contributed by atoms with E-state index < -0.39 is 9.84 Å². The first-order valence-electron chi connectivity index (χ1n) is 6.17. The minimum Gasteiger partial charge on any atom is -0.352 e. The van der Waals surface area contributed by atoms with Gasteiger partial charge in [-0.1, -0.05) is 29.8 Å². The highest BCUT2D eigenvalue weighted by atomic mass is 35.5. The summed E-state index contributed by atoms with van der Waals surface area (Å²) in [6.45, 7) is 0.373. The Morgan fingerprint density at radius 1 is 1.37 bits per heavy atom. The Hall–Kier alpha value is -1.07. The summed E-state index contributed by atoms with van der Waals surface area (Å²) in [7, 11) is -2.92. The maximum Gasteiger partial charge on any atom is 0.220 e.